The molecule has 0 radical (unpaired) electrons. The van der Waals surface area contributed by atoms with Gasteiger partial charge in [-0.15, -0.1) is 0 Å². The molecule has 1 aromatic heterocycles. The van der Waals surface area contributed by atoms with Crippen molar-refractivity contribution in [1.29, 1.82) is 0 Å². The van der Waals surface area contributed by atoms with Crippen LogP contribution in [0.5, 0.6) is 0 Å². The molecule has 2 saturated heterocycles. The van der Waals surface area contributed by atoms with E-state index < -0.39 is 58.6 Å². The predicted molar refractivity (Wildman–Crippen MR) is 101 cm³/mol. The summed E-state index contributed by atoms with van der Waals surface area (Å²) in [6.45, 7) is 2.88. The fourth-order valence-electron chi connectivity index (χ4n) is 6.82. The maximum absolute atomic E-state index is 13.5. The molecule has 9 nitrogen and oxygen atoms in total. The predicted octanol–water partition coefficient (Wildman–Crippen LogP) is 1.27. The van der Waals surface area contributed by atoms with Crippen molar-refractivity contribution in [2.45, 2.75) is 63.4 Å². The van der Waals surface area contributed by atoms with Crippen molar-refractivity contribution >= 4 is 17.9 Å². The lowest BCUT2D eigenvalue weighted by molar-refractivity contribution is -0.234. The van der Waals surface area contributed by atoms with Gasteiger partial charge in [0.2, 0.25) is 0 Å². The van der Waals surface area contributed by atoms with E-state index in [4.69, 9.17) is 18.6 Å². The van der Waals surface area contributed by atoms with Crippen molar-refractivity contribution < 1.29 is 43.2 Å². The Morgan fingerprint density at radius 2 is 2.00 bits per heavy atom. The van der Waals surface area contributed by atoms with Crippen LogP contribution in [0, 0.1) is 22.7 Å². The smallest absolute Gasteiger partial charge is 0.339 e. The summed E-state index contributed by atoms with van der Waals surface area (Å²) in [5.74, 6) is -2.77. The highest BCUT2D eigenvalue weighted by Crippen LogP contribution is 2.70. The summed E-state index contributed by atoms with van der Waals surface area (Å²) in [5.41, 5.74) is -3.76. The molecule has 2 saturated carbocycles. The minimum absolute atomic E-state index is 0.161. The van der Waals surface area contributed by atoms with E-state index in [1.165, 1.54) is 19.5 Å². The third-order valence-corrected chi connectivity index (χ3v) is 8.24. The van der Waals surface area contributed by atoms with Crippen LogP contribution >= 0.6 is 0 Å². The molecular formula is C22H26O9. The molecule has 0 unspecified atom stereocenters. The molecule has 31 heavy (non-hydrogen) atoms. The fourth-order valence-corrected chi connectivity index (χ4v) is 6.82. The Kier molecular flexibility index (Phi) is 4.34. The number of ether oxygens (including phenoxy) is 3. The van der Waals surface area contributed by atoms with Crippen LogP contribution in [0.25, 0.3) is 0 Å². The second-order valence-electron chi connectivity index (χ2n) is 9.55. The molecule has 0 aromatic carbocycles. The van der Waals surface area contributed by atoms with Gasteiger partial charge in [0.15, 0.2) is 5.60 Å². The van der Waals surface area contributed by atoms with Crippen LogP contribution in [0.3, 0.4) is 0 Å². The molecule has 168 valence electrons. The van der Waals surface area contributed by atoms with Crippen LogP contribution in [0.4, 0.5) is 0 Å². The van der Waals surface area contributed by atoms with E-state index >= 15 is 0 Å². The average Bonchev–Trinajstić information content (AvgIpc) is 3.37. The average molecular weight is 434 g/mol. The molecule has 2 N–H and O–H groups in total. The Balaban J connectivity index is 1.65. The minimum atomic E-state index is -2.06. The number of furan rings is 1. The molecule has 1 spiro atoms. The minimum Gasteiger partial charge on any atom is -0.472 e. The van der Waals surface area contributed by atoms with Gasteiger partial charge in [-0.25, -0.2) is 4.79 Å². The van der Waals surface area contributed by atoms with Crippen LogP contribution in [-0.4, -0.2) is 52.5 Å². The maximum Gasteiger partial charge on any atom is 0.339 e. The number of fused-ring (bicyclic) bond motifs is 1. The van der Waals surface area contributed by atoms with Gasteiger partial charge in [0.25, 0.3) is 0 Å². The molecule has 8 atom stereocenters. The molecule has 4 aliphatic rings. The Labute approximate surface area is 178 Å². The lowest BCUT2D eigenvalue weighted by Crippen LogP contribution is -2.70. The second-order valence-corrected chi connectivity index (χ2v) is 9.55. The summed E-state index contributed by atoms with van der Waals surface area (Å²) in [6, 6.07) is 1.73. The highest BCUT2D eigenvalue weighted by molar-refractivity contribution is 5.86. The highest BCUT2D eigenvalue weighted by atomic mass is 16.6. The summed E-state index contributed by atoms with van der Waals surface area (Å²) in [4.78, 5) is 38.0. The third-order valence-electron chi connectivity index (χ3n) is 8.24. The first-order valence-electron chi connectivity index (χ1n) is 10.6. The van der Waals surface area contributed by atoms with Crippen molar-refractivity contribution in [2.75, 3.05) is 6.61 Å². The maximum atomic E-state index is 13.5. The van der Waals surface area contributed by atoms with E-state index in [0.717, 1.165) is 5.56 Å². The molecule has 4 fully saturated rings. The van der Waals surface area contributed by atoms with Crippen LogP contribution in [0.1, 0.15) is 51.2 Å². The fraction of sp³-hybridized carbons (Fsp3) is 0.682. The quantitative estimate of drug-likeness (QED) is 0.533. The second kappa shape index (κ2) is 6.56. The first-order chi connectivity index (χ1) is 14.6. The number of cyclic esters (lactones) is 1. The Bertz CT molecular complexity index is 925. The summed E-state index contributed by atoms with van der Waals surface area (Å²) < 4.78 is 21.9. The molecule has 3 heterocycles. The van der Waals surface area contributed by atoms with Crippen molar-refractivity contribution in [3.05, 3.63) is 24.2 Å². The van der Waals surface area contributed by atoms with Gasteiger partial charge in [-0.2, -0.15) is 0 Å². The number of rotatable bonds is 3. The topological polar surface area (TPSA) is 132 Å². The number of aliphatic hydroxyl groups excluding tert-OH is 1. The van der Waals surface area contributed by atoms with Crippen LogP contribution < -0.4 is 0 Å². The van der Waals surface area contributed by atoms with E-state index in [2.05, 4.69) is 0 Å². The van der Waals surface area contributed by atoms with E-state index in [-0.39, 0.29) is 25.4 Å². The molecule has 5 rings (SSSR count). The van der Waals surface area contributed by atoms with Gasteiger partial charge in [0, 0.05) is 25.3 Å². The molecule has 0 amide bonds. The van der Waals surface area contributed by atoms with Crippen molar-refractivity contribution in [3.8, 4) is 0 Å². The summed E-state index contributed by atoms with van der Waals surface area (Å²) in [7, 11) is 0. The Morgan fingerprint density at radius 3 is 2.68 bits per heavy atom. The number of carbonyl (C=O) groups excluding carboxylic acids is 3. The van der Waals surface area contributed by atoms with Gasteiger partial charge in [0.1, 0.15) is 18.8 Å². The largest absolute Gasteiger partial charge is 0.472 e. The molecule has 1 aromatic rings. The molecule has 2 aliphatic carbocycles. The summed E-state index contributed by atoms with van der Waals surface area (Å²) in [5, 5.41) is 22.3. The summed E-state index contributed by atoms with van der Waals surface area (Å²) >= 11 is 0. The van der Waals surface area contributed by atoms with E-state index in [0.29, 0.717) is 12.8 Å². The lowest BCUT2D eigenvalue weighted by Gasteiger charge is -2.60. The monoisotopic (exact) mass is 434 g/mol. The number of hydrogen-bond acceptors (Lipinski definition) is 9. The van der Waals surface area contributed by atoms with Gasteiger partial charge in [0.05, 0.1) is 29.5 Å². The molecular weight excluding hydrogens is 408 g/mol. The normalized spacial score (nSPS) is 45.9. The van der Waals surface area contributed by atoms with Gasteiger partial charge >= 0.3 is 17.9 Å². The number of hydrogen-bond donors (Lipinski definition) is 2. The standard InChI is InChI=1S/C22H26O9/c1-11-5-17-21(10-29-12(2)23)16(6-14(24)7-22(21,27)19(26)31-17)20(11)8-15(30-18(20)25)13-3-4-28-9-13/h3-4,9,11,14-17,24,27H,5-8,10H2,1-2H3/t11-,14+,15-,16+,17-,20-,21+,22-/m0/s1. The Morgan fingerprint density at radius 1 is 1.23 bits per heavy atom. The summed E-state index contributed by atoms with van der Waals surface area (Å²) in [6.07, 6.45) is 1.29. The van der Waals surface area contributed by atoms with Gasteiger partial charge in [-0.05, 0) is 30.7 Å². The van der Waals surface area contributed by atoms with Crippen molar-refractivity contribution in [1.82, 2.24) is 0 Å². The molecule has 9 heteroatoms. The zero-order chi connectivity index (χ0) is 22.2. The van der Waals surface area contributed by atoms with E-state index in [1.54, 1.807) is 6.07 Å². The van der Waals surface area contributed by atoms with Gasteiger partial charge in [-0.3, -0.25) is 9.59 Å². The van der Waals surface area contributed by atoms with Crippen molar-refractivity contribution in [3.63, 3.8) is 0 Å². The number of esters is 3. The van der Waals surface area contributed by atoms with Crippen molar-refractivity contribution in [2.24, 2.45) is 22.7 Å². The Hall–Kier alpha value is -2.39. The lowest BCUT2D eigenvalue weighted by atomic mass is 9.42. The highest BCUT2D eigenvalue weighted by Gasteiger charge is 2.80. The first-order valence-corrected chi connectivity index (χ1v) is 10.6. The number of aliphatic hydroxyl groups is 2. The van der Waals surface area contributed by atoms with Crippen LogP contribution in [0.15, 0.2) is 23.0 Å². The zero-order valence-electron chi connectivity index (χ0n) is 17.4. The zero-order valence-corrected chi connectivity index (χ0v) is 17.4. The van der Waals surface area contributed by atoms with Gasteiger partial charge in [-0.1, -0.05) is 6.92 Å². The van der Waals surface area contributed by atoms with E-state index in [1.807, 2.05) is 6.92 Å². The van der Waals surface area contributed by atoms with Gasteiger partial charge < -0.3 is 28.8 Å². The van der Waals surface area contributed by atoms with Crippen LogP contribution in [0.2, 0.25) is 0 Å². The first kappa shape index (κ1) is 20.5. The molecule has 2 aliphatic heterocycles. The SMILES string of the molecule is CC(=O)OC[C@]12[C@@H]3C[C@H](C)[C@@]4(C[C@@H](c5ccoc5)OC4=O)[C@H]1C[C@@H](O)C[C@]2(O)C(=O)O3. The number of carbonyl (C=O) groups is 3. The van der Waals surface area contributed by atoms with E-state index in [9.17, 15) is 24.6 Å². The molecule has 0 bridgehead atoms. The van der Waals surface area contributed by atoms with Crippen LogP contribution in [-0.2, 0) is 28.6 Å². The third kappa shape index (κ3) is 2.47.